The zero-order valence-electron chi connectivity index (χ0n) is 20.4. The number of ether oxygens (including phenoxy) is 2. The Morgan fingerprint density at radius 2 is 1.85 bits per heavy atom. The van der Waals surface area contributed by atoms with Crippen molar-refractivity contribution in [2.24, 2.45) is 11.8 Å². The summed E-state index contributed by atoms with van der Waals surface area (Å²) in [5.41, 5.74) is 0.917. The monoisotopic (exact) mass is 465 g/mol. The van der Waals surface area contributed by atoms with E-state index in [4.69, 9.17) is 22.6 Å². The number of hydrogen-bond acceptors (Lipinski definition) is 5. The zero-order valence-corrected chi connectivity index (χ0v) is 20.4. The number of rotatable bonds is 2. The molecule has 0 aromatic heterocycles. The van der Waals surface area contributed by atoms with E-state index in [1.165, 1.54) is 6.92 Å². The molecule has 34 heavy (non-hydrogen) atoms. The molecule has 1 amide bonds. The van der Waals surface area contributed by atoms with Gasteiger partial charge in [-0.25, -0.2) is 27.6 Å². The molecule has 4 rings (SSSR count). The fourth-order valence-electron chi connectivity index (χ4n) is 6.39. The van der Waals surface area contributed by atoms with Crippen molar-refractivity contribution in [1.82, 2.24) is 4.90 Å². The van der Waals surface area contributed by atoms with Crippen molar-refractivity contribution in [3.05, 3.63) is 45.1 Å². The molecule has 2 aliphatic heterocycles. The molecule has 2 saturated heterocycles. The highest BCUT2D eigenvalue weighted by molar-refractivity contribution is 6.03. The lowest BCUT2D eigenvalue weighted by Gasteiger charge is -2.44. The van der Waals surface area contributed by atoms with Crippen molar-refractivity contribution in [3.63, 3.8) is 0 Å². The highest BCUT2D eigenvalue weighted by atomic mass is 16.6. The van der Waals surface area contributed by atoms with Gasteiger partial charge in [0, 0.05) is 36.9 Å². The molecule has 2 heterocycles. The van der Waals surface area contributed by atoms with E-state index in [9.17, 15) is 14.4 Å². The Balaban J connectivity index is 1.83. The molecular formula is C26H31N3O5. The molecule has 2 aliphatic carbocycles. The van der Waals surface area contributed by atoms with Gasteiger partial charge in [-0.15, -0.1) is 0 Å². The number of allylic oxidation sites excluding steroid dienone is 1. The average molecular weight is 466 g/mol. The average Bonchev–Trinajstić information content (AvgIpc) is 3.20. The molecule has 180 valence electrons. The summed E-state index contributed by atoms with van der Waals surface area (Å²) in [6, 6.07) is -0.253. The zero-order chi connectivity index (χ0) is 25.0. The number of nitrogens with zero attached hydrogens (tertiary/aromatic N) is 3. The smallest absolute Gasteiger partial charge is 0.461 e. The Morgan fingerprint density at radius 3 is 2.44 bits per heavy atom. The van der Waals surface area contributed by atoms with Crippen LogP contribution in [-0.2, 0) is 19.1 Å². The van der Waals surface area contributed by atoms with Crippen molar-refractivity contribution in [3.8, 4) is 0 Å². The van der Waals surface area contributed by atoms with Gasteiger partial charge in [0.25, 0.3) is 0 Å². The maximum atomic E-state index is 13.2. The number of carbonyl (C=O) groups excluding carboxylic acids is 3. The van der Waals surface area contributed by atoms with Gasteiger partial charge in [0.2, 0.25) is 0 Å². The minimum absolute atomic E-state index is 0.0733. The fraction of sp³-hybridized carbons (Fsp3) is 0.654. The largest absolute Gasteiger partial charge is 0.489 e. The van der Waals surface area contributed by atoms with Crippen LogP contribution in [0.5, 0.6) is 0 Å². The molecule has 0 radical (unpaired) electrons. The minimum Gasteiger partial charge on any atom is -0.461 e. The van der Waals surface area contributed by atoms with E-state index in [1.54, 1.807) is 0 Å². The number of fused-ring (bicyclic) bond motifs is 5. The molecule has 2 bridgehead atoms. The van der Waals surface area contributed by atoms with Crippen LogP contribution in [0.1, 0.15) is 66.7 Å². The molecule has 0 aromatic rings. The van der Waals surface area contributed by atoms with E-state index >= 15 is 0 Å². The van der Waals surface area contributed by atoms with E-state index in [0.717, 1.165) is 24.0 Å². The second kappa shape index (κ2) is 8.27. The topological polar surface area (TPSA) is 81.6 Å². The lowest BCUT2D eigenvalue weighted by molar-refractivity contribution is -0.140. The van der Waals surface area contributed by atoms with E-state index in [1.807, 2.05) is 32.6 Å². The number of Topliss-reactive ketones (excluding diaryl/α,β-unsaturated/α-hetero) is 1. The van der Waals surface area contributed by atoms with Crippen LogP contribution in [0.2, 0.25) is 0 Å². The van der Waals surface area contributed by atoms with E-state index in [0.29, 0.717) is 17.6 Å². The van der Waals surface area contributed by atoms with Crippen LogP contribution in [0.15, 0.2) is 22.3 Å². The summed E-state index contributed by atoms with van der Waals surface area (Å²) in [7, 11) is 0. The van der Waals surface area contributed by atoms with Crippen LogP contribution in [0, 0.1) is 25.0 Å². The predicted molar refractivity (Wildman–Crippen MR) is 123 cm³/mol. The molecule has 2 fully saturated rings. The third-order valence-electron chi connectivity index (χ3n) is 7.74. The normalized spacial score (nSPS) is 29.6. The maximum Gasteiger partial charge on any atom is 0.489 e. The summed E-state index contributed by atoms with van der Waals surface area (Å²) in [6.07, 6.45) is 2.10. The van der Waals surface area contributed by atoms with Crippen LogP contribution >= 0.6 is 0 Å². The summed E-state index contributed by atoms with van der Waals surface area (Å²) < 4.78 is 10.9. The van der Waals surface area contributed by atoms with Crippen molar-refractivity contribution >= 4 is 17.8 Å². The number of esters is 1. The van der Waals surface area contributed by atoms with E-state index in [-0.39, 0.29) is 55.2 Å². The first-order valence-corrected chi connectivity index (χ1v) is 11.8. The number of piperidine rings is 1. The number of carbonyl (C=O) groups is 3. The van der Waals surface area contributed by atoms with Gasteiger partial charge in [-0.2, -0.15) is 0 Å². The SMILES string of the molecule is [C-]#[N+]C1([N+]#[C-])CC2=C(COC(C)=O)C(=O)CC2=C(C)[C@H]2C3CC[C@H](CC21)N3C(=O)OC(C)(C)C. The lowest BCUT2D eigenvalue weighted by Crippen LogP contribution is -2.56. The second-order valence-corrected chi connectivity index (χ2v) is 10.8. The van der Waals surface area contributed by atoms with Crippen molar-refractivity contribution < 1.29 is 23.9 Å². The van der Waals surface area contributed by atoms with Gasteiger partial charge in [0.05, 0.1) is 0 Å². The first-order chi connectivity index (χ1) is 15.9. The molecule has 0 spiro atoms. The maximum absolute atomic E-state index is 13.2. The minimum atomic E-state index is -1.37. The molecule has 8 nitrogen and oxygen atoms in total. The Bertz CT molecular complexity index is 1080. The highest BCUT2D eigenvalue weighted by Crippen LogP contribution is 2.57. The number of ketones is 1. The highest BCUT2D eigenvalue weighted by Gasteiger charge is 2.66. The first-order valence-electron chi connectivity index (χ1n) is 11.8. The van der Waals surface area contributed by atoms with Crippen LogP contribution in [0.25, 0.3) is 9.69 Å². The third-order valence-corrected chi connectivity index (χ3v) is 7.74. The molecule has 0 N–H and O–H groups in total. The van der Waals surface area contributed by atoms with Gasteiger partial charge in [-0.05, 0) is 58.1 Å². The second-order valence-electron chi connectivity index (χ2n) is 10.8. The fourth-order valence-corrected chi connectivity index (χ4v) is 6.39. The van der Waals surface area contributed by atoms with Gasteiger partial charge < -0.3 is 14.4 Å². The molecule has 0 aromatic carbocycles. The van der Waals surface area contributed by atoms with Gasteiger partial charge in [0.1, 0.15) is 24.5 Å². The summed E-state index contributed by atoms with van der Waals surface area (Å²) in [6.45, 7) is 24.8. The third kappa shape index (κ3) is 3.79. The van der Waals surface area contributed by atoms with Gasteiger partial charge >= 0.3 is 17.7 Å². The van der Waals surface area contributed by atoms with Crippen LogP contribution in [0.3, 0.4) is 0 Å². The summed E-state index contributed by atoms with van der Waals surface area (Å²) in [5.74, 6) is -1.07. The van der Waals surface area contributed by atoms with Crippen LogP contribution in [-0.4, -0.2) is 52.7 Å². The molecule has 4 atom stereocenters. The predicted octanol–water partition coefficient (Wildman–Crippen LogP) is 4.48. The summed E-state index contributed by atoms with van der Waals surface area (Å²) in [4.78, 5) is 47.1. The van der Waals surface area contributed by atoms with Crippen molar-refractivity contribution in [2.75, 3.05) is 6.61 Å². The van der Waals surface area contributed by atoms with Crippen molar-refractivity contribution in [1.29, 1.82) is 0 Å². The lowest BCUT2D eigenvalue weighted by atomic mass is 9.70. The van der Waals surface area contributed by atoms with Crippen LogP contribution in [0.4, 0.5) is 4.79 Å². The standard InChI is InChI=1S/C26H31N3O5/c1-14-17-11-22(31)19(13-33-15(2)30)18(17)12-26(27-6,28-7)20-10-16-8-9-21(23(14)20)29(16)24(32)34-25(3,4)5/h16,20-21,23H,8-13H2,1-5H3/t16-,20?,21?,23-/m1/s1. The van der Waals surface area contributed by atoms with E-state index in [2.05, 4.69) is 9.69 Å². The Labute approximate surface area is 200 Å². The Morgan fingerprint density at radius 1 is 1.18 bits per heavy atom. The molecule has 0 saturated carbocycles. The summed E-state index contributed by atoms with van der Waals surface area (Å²) in [5, 5.41) is 0. The van der Waals surface area contributed by atoms with Gasteiger partial charge in [-0.1, -0.05) is 5.57 Å². The van der Waals surface area contributed by atoms with Gasteiger partial charge in [-0.3, -0.25) is 9.59 Å². The quantitative estimate of drug-likeness (QED) is 0.444. The van der Waals surface area contributed by atoms with Crippen molar-refractivity contribution in [2.45, 2.75) is 90.1 Å². The molecule has 2 unspecified atom stereocenters. The molecule has 4 aliphatic rings. The van der Waals surface area contributed by atoms with E-state index < -0.39 is 17.2 Å². The number of hydrogen-bond donors (Lipinski definition) is 0. The van der Waals surface area contributed by atoms with Gasteiger partial charge in [0.15, 0.2) is 5.78 Å². The Hall–Kier alpha value is -3.13. The summed E-state index contributed by atoms with van der Waals surface area (Å²) >= 11 is 0. The molecular weight excluding hydrogens is 434 g/mol. The van der Waals surface area contributed by atoms with Crippen LogP contribution < -0.4 is 0 Å². The molecule has 8 heteroatoms. The Kier molecular flexibility index (Phi) is 5.84. The first kappa shape index (κ1) is 24.0. The number of amides is 1.